The van der Waals surface area contributed by atoms with E-state index in [-0.39, 0.29) is 18.0 Å². The van der Waals surface area contributed by atoms with E-state index in [9.17, 15) is 13.2 Å². The van der Waals surface area contributed by atoms with Gasteiger partial charge in [-0.2, -0.15) is 0 Å². The quantitative estimate of drug-likeness (QED) is 0.503. The van der Waals surface area contributed by atoms with Crippen molar-refractivity contribution in [3.05, 3.63) is 89.8 Å². The summed E-state index contributed by atoms with van der Waals surface area (Å²) in [6.45, 7) is 3.38. The Morgan fingerprint density at radius 3 is 2.28 bits per heavy atom. The first-order valence-electron chi connectivity index (χ1n) is 7.96. The zero-order valence-corrected chi connectivity index (χ0v) is 13.6. The average molecular weight is 342 g/mol. The molecule has 1 nitrogen and oxygen atoms in total. The zero-order chi connectivity index (χ0) is 17.8. The molecule has 0 heterocycles. The summed E-state index contributed by atoms with van der Waals surface area (Å²) >= 11 is 0. The number of rotatable bonds is 6. The lowest BCUT2D eigenvalue weighted by molar-refractivity contribution is 0.293. The molecule has 3 aromatic rings. The van der Waals surface area contributed by atoms with Crippen molar-refractivity contribution in [3.8, 4) is 5.75 Å². The Kier molecular flexibility index (Phi) is 5.08. The Morgan fingerprint density at radius 1 is 0.880 bits per heavy atom. The van der Waals surface area contributed by atoms with Crippen LogP contribution in [0.1, 0.15) is 17.5 Å². The fourth-order valence-electron chi connectivity index (χ4n) is 2.65. The SMILES string of the molecule is C=CCCc1cc(F)c(COc2ccc3cc(F)ccc3c2)c(F)c1. The summed E-state index contributed by atoms with van der Waals surface area (Å²) < 4.78 is 47.0. The summed E-state index contributed by atoms with van der Waals surface area (Å²) in [4.78, 5) is 0. The van der Waals surface area contributed by atoms with Gasteiger partial charge in [0.25, 0.3) is 0 Å². The Hall–Kier alpha value is -2.75. The van der Waals surface area contributed by atoms with Crippen molar-refractivity contribution in [3.63, 3.8) is 0 Å². The van der Waals surface area contributed by atoms with Gasteiger partial charge in [-0.3, -0.25) is 0 Å². The normalized spacial score (nSPS) is 10.8. The smallest absolute Gasteiger partial charge is 0.133 e. The standard InChI is InChI=1S/C21H17F3O/c1-2-3-4-14-9-20(23)19(21(24)10-14)13-25-18-8-6-15-11-17(22)7-5-16(15)12-18/h2,5-12H,1,3-4,13H2. The van der Waals surface area contributed by atoms with Gasteiger partial charge in [0.15, 0.2) is 0 Å². The van der Waals surface area contributed by atoms with Gasteiger partial charge < -0.3 is 4.74 Å². The minimum absolute atomic E-state index is 0.110. The van der Waals surface area contributed by atoms with Crippen LogP contribution in [0.2, 0.25) is 0 Å². The van der Waals surface area contributed by atoms with E-state index in [1.807, 2.05) is 0 Å². The number of benzene rings is 3. The van der Waals surface area contributed by atoms with Crippen molar-refractivity contribution < 1.29 is 17.9 Å². The highest BCUT2D eigenvalue weighted by Gasteiger charge is 2.12. The van der Waals surface area contributed by atoms with Gasteiger partial charge in [-0.25, -0.2) is 13.2 Å². The lowest BCUT2D eigenvalue weighted by Crippen LogP contribution is -2.03. The highest BCUT2D eigenvalue weighted by atomic mass is 19.1. The summed E-state index contributed by atoms with van der Waals surface area (Å²) in [5, 5.41) is 1.52. The molecule has 0 aliphatic rings. The molecule has 0 atom stereocenters. The molecular formula is C21H17F3O. The molecule has 0 fully saturated rings. The molecule has 3 rings (SSSR count). The minimum atomic E-state index is -0.623. The van der Waals surface area contributed by atoms with Crippen LogP contribution in [-0.4, -0.2) is 0 Å². The van der Waals surface area contributed by atoms with Crippen molar-refractivity contribution in [2.45, 2.75) is 19.4 Å². The van der Waals surface area contributed by atoms with Gasteiger partial charge in [-0.05, 0) is 65.6 Å². The molecule has 0 aromatic heterocycles. The van der Waals surface area contributed by atoms with E-state index in [0.717, 1.165) is 10.8 Å². The monoisotopic (exact) mass is 342 g/mol. The topological polar surface area (TPSA) is 9.23 Å². The van der Waals surface area contributed by atoms with E-state index in [1.54, 1.807) is 30.3 Å². The van der Waals surface area contributed by atoms with E-state index in [1.165, 1.54) is 24.3 Å². The van der Waals surface area contributed by atoms with Crippen molar-refractivity contribution in [2.24, 2.45) is 0 Å². The molecule has 0 saturated heterocycles. The van der Waals surface area contributed by atoms with Crippen LogP contribution in [0.15, 0.2) is 61.2 Å². The van der Waals surface area contributed by atoms with Gasteiger partial charge in [0.2, 0.25) is 0 Å². The van der Waals surface area contributed by atoms with Crippen LogP contribution in [0, 0.1) is 17.5 Å². The van der Waals surface area contributed by atoms with Gasteiger partial charge >= 0.3 is 0 Å². The molecule has 4 heteroatoms. The molecule has 25 heavy (non-hydrogen) atoms. The summed E-state index contributed by atoms with van der Waals surface area (Å²) in [6.07, 6.45) is 2.91. The van der Waals surface area contributed by atoms with Crippen molar-refractivity contribution >= 4 is 10.8 Å². The van der Waals surface area contributed by atoms with Gasteiger partial charge in [-0.1, -0.05) is 18.2 Å². The first-order chi connectivity index (χ1) is 12.1. The second-order valence-corrected chi connectivity index (χ2v) is 5.81. The summed E-state index contributed by atoms with van der Waals surface area (Å²) in [7, 11) is 0. The van der Waals surface area contributed by atoms with Crippen LogP contribution in [0.5, 0.6) is 5.75 Å². The van der Waals surface area contributed by atoms with Gasteiger partial charge in [-0.15, -0.1) is 6.58 Å². The Morgan fingerprint density at radius 2 is 1.56 bits per heavy atom. The van der Waals surface area contributed by atoms with E-state index in [2.05, 4.69) is 6.58 Å². The number of ether oxygens (including phenoxy) is 1. The summed E-state index contributed by atoms with van der Waals surface area (Å²) in [5.41, 5.74) is 0.480. The van der Waals surface area contributed by atoms with Gasteiger partial charge in [0.05, 0.1) is 5.56 Å². The largest absolute Gasteiger partial charge is 0.489 e. The number of fused-ring (bicyclic) bond motifs is 1. The minimum Gasteiger partial charge on any atom is -0.489 e. The fourth-order valence-corrected chi connectivity index (χ4v) is 2.65. The third-order valence-corrected chi connectivity index (χ3v) is 3.99. The van der Waals surface area contributed by atoms with Crippen molar-refractivity contribution in [1.29, 1.82) is 0 Å². The number of hydrogen-bond donors (Lipinski definition) is 0. The van der Waals surface area contributed by atoms with Crippen molar-refractivity contribution in [2.75, 3.05) is 0 Å². The molecule has 0 spiro atoms. The summed E-state index contributed by atoms with van der Waals surface area (Å²) in [6, 6.07) is 12.1. The number of aryl methyl sites for hydroxylation is 1. The first kappa shape index (κ1) is 17.1. The molecule has 0 saturated carbocycles. The van der Waals surface area contributed by atoms with Crippen LogP contribution in [0.3, 0.4) is 0 Å². The molecular weight excluding hydrogens is 325 g/mol. The average Bonchev–Trinajstić information content (AvgIpc) is 2.59. The third kappa shape index (κ3) is 4.02. The Bertz CT molecular complexity index is 895. The number of allylic oxidation sites excluding steroid dienone is 1. The lowest BCUT2D eigenvalue weighted by Gasteiger charge is -2.10. The van der Waals surface area contributed by atoms with E-state index in [0.29, 0.717) is 24.2 Å². The summed E-state index contributed by atoms with van der Waals surface area (Å²) in [5.74, 6) is -1.10. The predicted octanol–water partition coefficient (Wildman–Crippen LogP) is 5.95. The van der Waals surface area contributed by atoms with Crippen LogP contribution < -0.4 is 4.74 Å². The second kappa shape index (κ2) is 7.43. The zero-order valence-electron chi connectivity index (χ0n) is 13.6. The molecule has 0 unspecified atom stereocenters. The molecule has 0 N–H and O–H groups in total. The molecule has 0 aliphatic heterocycles. The maximum Gasteiger partial charge on any atom is 0.133 e. The van der Waals surface area contributed by atoms with Crippen LogP contribution in [0.25, 0.3) is 10.8 Å². The second-order valence-electron chi connectivity index (χ2n) is 5.81. The van der Waals surface area contributed by atoms with Gasteiger partial charge in [0, 0.05) is 0 Å². The van der Waals surface area contributed by atoms with Crippen LogP contribution in [-0.2, 0) is 13.0 Å². The Labute approximate surface area is 144 Å². The highest BCUT2D eigenvalue weighted by molar-refractivity contribution is 5.83. The highest BCUT2D eigenvalue weighted by Crippen LogP contribution is 2.24. The van der Waals surface area contributed by atoms with Crippen LogP contribution >= 0.6 is 0 Å². The molecule has 0 amide bonds. The van der Waals surface area contributed by atoms with E-state index >= 15 is 0 Å². The van der Waals surface area contributed by atoms with Gasteiger partial charge in [0.1, 0.15) is 29.8 Å². The third-order valence-electron chi connectivity index (χ3n) is 3.99. The first-order valence-corrected chi connectivity index (χ1v) is 7.96. The van der Waals surface area contributed by atoms with Crippen LogP contribution in [0.4, 0.5) is 13.2 Å². The molecule has 0 bridgehead atoms. The molecule has 0 aliphatic carbocycles. The fraction of sp³-hybridized carbons (Fsp3) is 0.143. The predicted molar refractivity (Wildman–Crippen MR) is 93.1 cm³/mol. The number of halogens is 3. The maximum absolute atomic E-state index is 14.2. The van der Waals surface area contributed by atoms with Crippen molar-refractivity contribution in [1.82, 2.24) is 0 Å². The molecule has 0 radical (unpaired) electrons. The molecule has 3 aromatic carbocycles. The molecule has 128 valence electrons. The Balaban J connectivity index is 1.77. The number of hydrogen-bond acceptors (Lipinski definition) is 1. The maximum atomic E-state index is 14.2. The van der Waals surface area contributed by atoms with E-state index in [4.69, 9.17) is 4.74 Å². The van der Waals surface area contributed by atoms with E-state index < -0.39 is 11.6 Å². The lowest BCUT2D eigenvalue weighted by atomic mass is 10.1.